The minimum atomic E-state index is -0.306. The van der Waals surface area contributed by atoms with E-state index in [0.29, 0.717) is 35.1 Å². The molecule has 0 saturated carbocycles. The van der Waals surface area contributed by atoms with Gasteiger partial charge in [0.25, 0.3) is 11.8 Å². The normalized spacial score (nSPS) is 16.6. The summed E-state index contributed by atoms with van der Waals surface area (Å²) in [7, 11) is 1.60. The highest BCUT2D eigenvalue weighted by Gasteiger charge is 2.43. The Morgan fingerprint density at radius 2 is 1.67 bits per heavy atom. The van der Waals surface area contributed by atoms with Gasteiger partial charge >= 0.3 is 0 Å². The molecule has 30 heavy (non-hydrogen) atoms. The van der Waals surface area contributed by atoms with Crippen LogP contribution in [0.25, 0.3) is 5.57 Å². The summed E-state index contributed by atoms with van der Waals surface area (Å²) in [6.07, 6.45) is 2.91. The number of hydrogen-bond acceptors (Lipinski definition) is 5. The lowest BCUT2D eigenvalue weighted by atomic mass is 10.0. The molecule has 6 heteroatoms. The monoisotopic (exact) mass is 406 g/mol. The molecule has 0 atom stereocenters. The largest absolute Gasteiger partial charge is 0.497 e. The first-order chi connectivity index (χ1) is 14.6. The lowest BCUT2D eigenvalue weighted by Gasteiger charge is -2.20. The quantitative estimate of drug-likeness (QED) is 0.654. The molecule has 1 saturated heterocycles. The van der Waals surface area contributed by atoms with Gasteiger partial charge in [0.2, 0.25) is 0 Å². The molecule has 0 spiro atoms. The maximum atomic E-state index is 13.5. The molecule has 0 bridgehead atoms. The van der Waals surface area contributed by atoms with Crippen LogP contribution in [0.4, 0.5) is 5.69 Å². The first-order valence-electron chi connectivity index (χ1n) is 10.4. The number of anilines is 1. The summed E-state index contributed by atoms with van der Waals surface area (Å²) in [5.74, 6) is 0.770. The molecule has 2 aromatic rings. The van der Waals surface area contributed by atoms with E-state index in [9.17, 15) is 9.59 Å². The smallest absolute Gasteiger partial charge is 0.282 e. The van der Waals surface area contributed by atoms with Crippen molar-refractivity contribution in [2.75, 3.05) is 31.7 Å². The van der Waals surface area contributed by atoms with Crippen LogP contribution in [-0.2, 0) is 9.59 Å². The second-order valence-corrected chi connectivity index (χ2v) is 7.44. The first-order valence-corrected chi connectivity index (χ1v) is 10.4. The first kappa shape index (κ1) is 20.0. The van der Waals surface area contributed by atoms with Crippen molar-refractivity contribution in [3.05, 3.63) is 59.8 Å². The number of benzene rings is 2. The van der Waals surface area contributed by atoms with Crippen molar-refractivity contribution in [1.29, 1.82) is 0 Å². The number of rotatable bonds is 7. The summed E-state index contributed by atoms with van der Waals surface area (Å²) in [6, 6.07) is 14.5. The van der Waals surface area contributed by atoms with Crippen molar-refractivity contribution < 1.29 is 19.1 Å². The summed E-state index contributed by atoms with van der Waals surface area (Å²) in [5.41, 5.74) is 2.18. The molecule has 2 aromatic carbocycles. The minimum Gasteiger partial charge on any atom is -0.497 e. The van der Waals surface area contributed by atoms with Crippen LogP contribution in [0.2, 0.25) is 0 Å². The van der Waals surface area contributed by atoms with Crippen LogP contribution in [0, 0.1) is 0 Å². The fourth-order valence-corrected chi connectivity index (χ4v) is 3.94. The van der Waals surface area contributed by atoms with Crippen molar-refractivity contribution >= 4 is 23.1 Å². The average molecular weight is 406 g/mol. The molecule has 6 nitrogen and oxygen atoms in total. The van der Waals surface area contributed by atoms with Crippen LogP contribution in [0.5, 0.6) is 11.5 Å². The summed E-state index contributed by atoms with van der Waals surface area (Å²) in [4.78, 5) is 30.3. The Balaban J connectivity index is 1.74. The molecule has 0 aromatic heterocycles. The molecule has 1 fully saturated rings. The Morgan fingerprint density at radius 1 is 0.933 bits per heavy atom. The van der Waals surface area contributed by atoms with E-state index in [4.69, 9.17) is 9.47 Å². The highest BCUT2D eigenvalue weighted by Crippen LogP contribution is 2.37. The van der Waals surface area contributed by atoms with E-state index in [1.165, 1.54) is 4.90 Å². The predicted octanol–water partition coefficient (Wildman–Crippen LogP) is 3.86. The van der Waals surface area contributed by atoms with Crippen LogP contribution in [0.15, 0.2) is 54.2 Å². The fourth-order valence-electron chi connectivity index (χ4n) is 3.94. The number of amides is 2. The topological polar surface area (TPSA) is 59.1 Å². The molecule has 0 N–H and O–H groups in total. The second kappa shape index (κ2) is 8.61. The highest BCUT2D eigenvalue weighted by molar-refractivity contribution is 6.45. The lowest BCUT2D eigenvalue weighted by Crippen LogP contribution is -2.34. The average Bonchev–Trinajstić information content (AvgIpc) is 3.38. The molecule has 2 aliphatic rings. The number of nitrogens with zero attached hydrogens (tertiary/aromatic N) is 2. The third-order valence-corrected chi connectivity index (χ3v) is 5.41. The van der Waals surface area contributed by atoms with Crippen molar-refractivity contribution in [3.8, 4) is 11.5 Å². The van der Waals surface area contributed by atoms with E-state index in [0.717, 1.165) is 37.9 Å². The molecule has 0 radical (unpaired) electrons. The van der Waals surface area contributed by atoms with E-state index in [1.54, 1.807) is 19.2 Å². The van der Waals surface area contributed by atoms with Gasteiger partial charge in [-0.1, -0.05) is 25.1 Å². The third-order valence-electron chi connectivity index (χ3n) is 5.41. The van der Waals surface area contributed by atoms with Crippen LogP contribution < -0.4 is 14.4 Å². The number of hydrogen-bond donors (Lipinski definition) is 0. The van der Waals surface area contributed by atoms with Gasteiger partial charge in [-0.3, -0.25) is 9.59 Å². The van der Waals surface area contributed by atoms with E-state index in [2.05, 4.69) is 0 Å². The van der Waals surface area contributed by atoms with E-state index in [-0.39, 0.29) is 11.8 Å². The molecule has 2 heterocycles. The van der Waals surface area contributed by atoms with E-state index >= 15 is 0 Å². The second-order valence-electron chi connectivity index (χ2n) is 7.44. The number of carbonyl (C=O) groups excluding carboxylic acids is 2. The minimum absolute atomic E-state index is 0.277. The zero-order valence-corrected chi connectivity index (χ0v) is 17.4. The van der Waals surface area contributed by atoms with Gasteiger partial charge < -0.3 is 14.4 Å². The molecule has 0 unspecified atom stereocenters. The van der Waals surface area contributed by atoms with Crippen molar-refractivity contribution in [2.24, 2.45) is 0 Å². The number of methoxy groups -OCH3 is 1. The maximum absolute atomic E-state index is 13.5. The van der Waals surface area contributed by atoms with Crippen molar-refractivity contribution in [1.82, 2.24) is 4.90 Å². The zero-order chi connectivity index (χ0) is 21.1. The van der Waals surface area contributed by atoms with Gasteiger partial charge in [-0.25, -0.2) is 4.90 Å². The molecule has 0 aliphatic carbocycles. The maximum Gasteiger partial charge on any atom is 0.282 e. The Hall–Kier alpha value is -3.28. The van der Waals surface area contributed by atoms with Crippen LogP contribution in [-0.4, -0.2) is 43.5 Å². The molecule has 4 rings (SSSR count). The van der Waals surface area contributed by atoms with Gasteiger partial charge in [0.15, 0.2) is 0 Å². The summed E-state index contributed by atoms with van der Waals surface area (Å²) in [6.45, 7) is 4.17. The zero-order valence-electron chi connectivity index (χ0n) is 17.4. The fraction of sp³-hybridized carbons (Fsp3) is 0.333. The predicted molar refractivity (Wildman–Crippen MR) is 115 cm³/mol. The van der Waals surface area contributed by atoms with Gasteiger partial charge in [-0.15, -0.1) is 0 Å². The Morgan fingerprint density at radius 3 is 2.33 bits per heavy atom. The van der Waals surface area contributed by atoms with Crippen LogP contribution in [0.3, 0.4) is 0 Å². The lowest BCUT2D eigenvalue weighted by molar-refractivity contribution is -0.120. The number of ether oxygens (including phenoxy) is 2. The van der Waals surface area contributed by atoms with Crippen LogP contribution in [0.1, 0.15) is 31.7 Å². The van der Waals surface area contributed by atoms with Gasteiger partial charge in [0, 0.05) is 19.2 Å². The molecule has 2 aliphatic heterocycles. The van der Waals surface area contributed by atoms with E-state index < -0.39 is 0 Å². The summed E-state index contributed by atoms with van der Waals surface area (Å²) < 4.78 is 10.9. The van der Waals surface area contributed by atoms with E-state index in [1.807, 2.05) is 48.2 Å². The van der Waals surface area contributed by atoms with Gasteiger partial charge in [0.1, 0.15) is 17.2 Å². The number of imide groups is 1. The van der Waals surface area contributed by atoms with Gasteiger partial charge in [0.05, 0.1) is 25.0 Å². The SMILES string of the molecule is CCCOc1cccc(N2C(=O)C(c3ccc(OC)cc3)=C(N3CCCC3)C2=O)c1. The van der Waals surface area contributed by atoms with Crippen molar-refractivity contribution in [3.63, 3.8) is 0 Å². The summed E-state index contributed by atoms with van der Waals surface area (Å²) in [5, 5.41) is 0. The molecular formula is C24H26N2O4. The van der Waals surface area contributed by atoms with Gasteiger partial charge in [-0.2, -0.15) is 0 Å². The molecular weight excluding hydrogens is 380 g/mol. The Bertz CT molecular complexity index is 975. The van der Waals surface area contributed by atoms with Crippen molar-refractivity contribution in [2.45, 2.75) is 26.2 Å². The third kappa shape index (κ3) is 3.65. The molecule has 156 valence electrons. The Kier molecular flexibility index (Phi) is 5.74. The standard InChI is InChI=1S/C24H26N2O4/c1-3-15-30-20-8-6-7-18(16-20)26-23(27)21(17-9-11-19(29-2)12-10-17)22(24(26)28)25-13-4-5-14-25/h6-12,16H,3-5,13-15H2,1-2H3. The van der Waals surface area contributed by atoms with Crippen LogP contribution >= 0.6 is 0 Å². The molecule has 2 amide bonds. The number of likely N-dealkylation sites (tertiary alicyclic amines) is 1. The number of carbonyl (C=O) groups is 2. The highest BCUT2D eigenvalue weighted by atomic mass is 16.5. The Labute approximate surface area is 176 Å². The summed E-state index contributed by atoms with van der Waals surface area (Å²) >= 11 is 0. The van der Waals surface area contributed by atoms with Gasteiger partial charge in [-0.05, 0) is 49.1 Å².